The average molecular weight is 675 g/mol. The van der Waals surface area contributed by atoms with Gasteiger partial charge in [-0.2, -0.15) is 0 Å². The molecule has 2 heteroatoms. The van der Waals surface area contributed by atoms with E-state index in [9.17, 15) is 0 Å². The number of fused-ring (bicyclic) bond motifs is 5. The van der Waals surface area contributed by atoms with Crippen molar-refractivity contribution in [2.45, 2.75) is 52.4 Å². The molecule has 6 aromatic carbocycles. The van der Waals surface area contributed by atoms with Gasteiger partial charge in [-0.15, -0.1) is 0 Å². The van der Waals surface area contributed by atoms with Crippen molar-refractivity contribution in [2.75, 3.05) is 9.80 Å². The maximum Gasteiger partial charge on any atom is 0.0534 e. The second-order valence-electron chi connectivity index (χ2n) is 16.0. The van der Waals surface area contributed by atoms with E-state index in [1.807, 2.05) is 12.2 Å². The van der Waals surface area contributed by atoms with Crippen LogP contribution >= 0.6 is 0 Å². The number of allylic oxidation sites excluding steroid dienone is 5. The Labute approximate surface area is 309 Å². The van der Waals surface area contributed by atoms with Crippen LogP contribution in [0, 0.1) is 0 Å². The fraction of sp³-hybridized carbons (Fsp3) is 0.160. The number of anilines is 5. The molecule has 256 valence electrons. The van der Waals surface area contributed by atoms with Crippen molar-refractivity contribution in [3.8, 4) is 0 Å². The number of nitrogens with zero attached hydrogens (tertiary/aromatic N) is 2. The van der Waals surface area contributed by atoms with E-state index in [1.165, 1.54) is 60.7 Å². The minimum absolute atomic E-state index is 0.120. The Morgan fingerprint density at radius 2 is 0.962 bits per heavy atom. The van der Waals surface area contributed by atoms with Crippen molar-refractivity contribution >= 4 is 68.2 Å². The molecule has 0 unspecified atom stereocenters. The van der Waals surface area contributed by atoms with Crippen LogP contribution in [0.25, 0.3) is 39.8 Å². The van der Waals surface area contributed by atoms with Crippen LogP contribution in [0.5, 0.6) is 0 Å². The molecule has 0 saturated heterocycles. The highest BCUT2D eigenvalue weighted by molar-refractivity contribution is 6.10. The van der Waals surface area contributed by atoms with Gasteiger partial charge in [0.1, 0.15) is 0 Å². The third-order valence-corrected chi connectivity index (χ3v) is 10.3. The van der Waals surface area contributed by atoms with Crippen molar-refractivity contribution in [3.05, 3.63) is 180 Å². The Morgan fingerprint density at radius 1 is 0.500 bits per heavy atom. The van der Waals surface area contributed by atoms with Gasteiger partial charge >= 0.3 is 0 Å². The highest BCUT2D eigenvalue weighted by Crippen LogP contribution is 2.49. The lowest BCUT2D eigenvalue weighted by Crippen LogP contribution is -2.19. The van der Waals surface area contributed by atoms with Gasteiger partial charge in [-0.1, -0.05) is 157 Å². The third-order valence-electron chi connectivity index (χ3n) is 10.3. The molecule has 0 fully saturated rings. The lowest BCUT2D eigenvalue weighted by atomic mass is 9.74. The Hall–Kier alpha value is -5.86. The Kier molecular flexibility index (Phi) is 8.15. The summed E-state index contributed by atoms with van der Waals surface area (Å²) in [6, 6.07) is 40.4. The van der Waals surface area contributed by atoms with E-state index >= 15 is 0 Å². The number of hydrogen-bond donors (Lipinski definition) is 0. The van der Waals surface area contributed by atoms with Crippen LogP contribution in [-0.4, -0.2) is 0 Å². The molecule has 0 aromatic heterocycles. The number of rotatable bonds is 4. The van der Waals surface area contributed by atoms with Gasteiger partial charge in [-0.3, -0.25) is 0 Å². The summed E-state index contributed by atoms with van der Waals surface area (Å²) in [4.78, 5) is 4.78. The number of para-hydroxylation sites is 3. The van der Waals surface area contributed by atoms with E-state index in [0.717, 1.165) is 22.6 Å². The SMILES string of the molecule is C=C/C=C\C1=CN(c2ccc3c(C(C)(C)C)c4cc(N5c6ccccc6C=Cc6ccccc65)ccc4c(C(C)(C)C)c3c2)c2ccccc2C=C1. The van der Waals surface area contributed by atoms with Crippen LogP contribution in [0.4, 0.5) is 28.4 Å². The predicted molar refractivity (Wildman–Crippen MR) is 227 cm³/mol. The Bertz CT molecular complexity index is 2460. The first-order valence-corrected chi connectivity index (χ1v) is 18.3. The summed E-state index contributed by atoms with van der Waals surface area (Å²) in [6.07, 6.45) is 17.0. The zero-order valence-electron chi connectivity index (χ0n) is 31.1. The normalized spacial score (nSPS) is 14.2. The summed E-state index contributed by atoms with van der Waals surface area (Å²) < 4.78 is 0. The van der Waals surface area contributed by atoms with Crippen LogP contribution in [0.2, 0.25) is 0 Å². The summed E-state index contributed by atoms with van der Waals surface area (Å²) in [5.74, 6) is 0. The monoisotopic (exact) mass is 674 g/mol. The van der Waals surface area contributed by atoms with Crippen molar-refractivity contribution in [3.63, 3.8) is 0 Å². The summed E-state index contributed by atoms with van der Waals surface area (Å²) in [7, 11) is 0. The molecular formula is C50H46N2. The predicted octanol–water partition coefficient (Wildman–Crippen LogP) is 14.3. The standard InChI is InChI=1S/C50H46N2/c1-8-9-16-34-23-24-35-17-10-13-20-44(35)51(33-34)38-27-29-40-42(31-38)47(49(2,3)4)41-30-28-39(32-43(41)48(40)50(5,6)7)52-45-21-14-11-18-36(45)25-26-37-19-12-15-22-46(37)52/h8-33H,1H2,2-7H3/b16-9-. The zero-order chi connectivity index (χ0) is 36.2. The molecule has 52 heavy (non-hydrogen) atoms. The fourth-order valence-electron chi connectivity index (χ4n) is 8.15. The van der Waals surface area contributed by atoms with Gasteiger partial charge in [0.2, 0.25) is 0 Å². The van der Waals surface area contributed by atoms with E-state index in [4.69, 9.17) is 0 Å². The van der Waals surface area contributed by atoms with E-state index in [-0.39, 0.29) is 10.8 Å². The first-order chi connectivity index (χ1) is 25.0. The van der Waals surface area contributed by atoms with Crippen molar-refractivity contribution in [1.29, 1.82) is 0 Å². The first kappa shape index (κ1) is 33.3. The topological polar surface area (TPSA) is 6.48 Å². The molecule has 0 saturated carbocycles. The second kappa shape index (κ2) is 12.7. The maximum atomic E-state index is 3.90. The quantitative estimate of drug-likeness (QED) is 0.135. The van der Waals surface area contributed by atoms with Gasteiger partial charge in [0, 0.05) is 17.6 Å². The highest BCUT2D eigenvalue weighted by atomic mass is 15.1. The van der Waals surface area contributed by atoms with Gasteiger partial charge in [0.05, 0.1) is 17.1 Å². The van der Waals surface area contributed by atoms with E-state index in [1.54, 1.807) is 0 Å². The minimum atomic E-state index is -0.120. The van der Waals surface area contributed by atoms with Crippen LogP contribution in [-0.2, 0) is 10.8 Å². The van der Waals surface area contributed by atoms with Crippen molar-refractivity contribution in [2.24, 2.45) is 0 Å². The van der Waals surface area contributed by atoms with Gasteiger partial charge < -0.3 is 9.80 Å². The third kappa shape index (κ3) is 5.79. The van der Waals surface area contributed by atoms with Crippen LogP contribution in [0.15, 0.2) is 152 Å². The van der Waals surface area contributed by atoms with E-state index in [2.05, 4.69) is 204 Å². The molecule has 2 nitrogen and oxygen atoms in total. The van der Waals surface area contributed by atoms with Crippen LogP contribution in [0.3, 0.4) is 0 Å². The molecule has 0 aliphatic carbocycles. The lowest BCUT2D eigenvalue weighted by Gasteiger charge is -2.33. The molecule has 8 rings (SSSR count). The first-order valence-electron chi connectivity index (χ1n) is 18.3. The van der Waals surface area contributed by atoms with Gasteiger partial charge in [0.25, 0.3) is 0 Å². The summed E-state index contributed by atoms with van der Waals surface area (Å²) in [6.45, 7) is 18.0. The van der Waals surface area contributed by atoms with E-state index in [0.29, 0.717) is 0 Å². The molecule has 0 spiro atoms. The average Bonchev–Trinajstić information content (AvgIpc) is 3.42. The summed E-state index contributed by atoms with van der Waals surface area (Å²) in [5.41, 5.74) is 13.0. The molecule has 0 radical (unpaired) electrons. The van der Waals surface area contributed by atoms with E-state index < -0.39 is 0 Å². The largest absolute Gasteiger partial charge is 0.316 e. The Balaban J connectivity index is 1.41. The van der Waals surface area contributed by atoms with Crippen LogP contribution < -0.4 is 9.80 Å². The molecule has 0 amide bonds. The van der Waals surface area contributed by atoms with Crippen molar-refractivity contribution < 1.29 is 0 Å². The van der Waals surface area contributed by atoms with Gasteiger partial charge in [0.15, 0.2) is 0 Å². The van der Waals surface area contributed by atoms with Crippen molar-refractivity contribution in [1.82, 2.24) is 0 Å². The molecule has 0 atom stereocenters. The molecule has 6 aromatic rings. The summed E-state index contributed by atoms with van der Waals surface area (Å²) >= 11 is 0. The number of benzene rings is 6. The minimum Gasteiger partial charge on any atom is -0.316 e. The summed E-state index contributed by atoms with van der Waals surface area (Å²) in [5, 5.41) is 5.23. The Morgan fingerprint density at radius 3 is 1.50 bits per heavy atom. The smallest absolute Gasteiger partial charge is 0.0534 e. The molecule has 2 heterocycles. The zero-order valence-corrected chi connectivity index (χ0v) is 31.1. The molecule has 2 aliphatic rings. The second-order valence-corrected chi connectivity index (χ2v) is 16.0. The number of hydrogen-bond acceptors (Lipinski definition) is 2. The fourth-order valence-corrected chi connectivity index (χ4v) is 8.15. The van der Waals surface area contributed by atoms with Crippen LogP contribution in [0.1, 0.15) is 69.4 Å². The molecule has 0 bridgehead atoms. The molecular weight excluding hydrogens is 629 g/mol. The van der Waals surface area contributed by atoms with Gasteiger partial charge in [-0.25, -0.2) is 0 Å². The lowest BCUT2D eigenvalue weighted by molar-refractivity contribution is 0.593. The molecule has 2 aliphatic heterocycles. The molecule has 0 N–H and O–H groups in total. The maximum absolute atomic E-state index is 3.90. The highest BCUT2D eigenvalue weighted by Gasteiger charge is 2.29. The van der Waals surface area contributed by atoms with Gasteiger partial charge in [-0.05, 0) is 108 Å².